The molecule has 108 valence electrons. The molecule has 2 rings (SSSR count). The second kappa shape index (κ2) is 6.37. The first-order valence-corrected chi connectivity index (χ1v) is 7.61. The van der Waals surface area contributed by atoms with Crippen molar-refractivity contribution in [2.75, 3.05) is 25.0 Å². The summed E-state index contributed by atoms with van der Waals surface area (Å²) < 4.78 is 0. The number of rotatable bonds is 5. The van der Waals surface area contributed by atoms with Gasteiger partial charge >= 0.3 is 0 Å². The van der Waals surface area contributed by atoms with E-state index in [0.717, 1.165) is 10.2 Å². The van der Waals surface area contributed by atoms with Gasteiger partial charge in [-0.2, -0.15) is 4.98 Å². The molecule has 0 unspecified atom stereocenters. The van der Waals surface area contributed by atoms with Crippen LogP contribution in [-0.4, -0.2) is 36.0 Å². The molecule has 0 radical (unpaired) electrons. The molecule has 0 aromatic carbocycles. The summed E-state index contributed by atoms with van der Waals surface area (Å²) in [5.74, 6) is 1.08. The van der Waals surface area contributed by atoms with Crippen molar-refractivity contribution in [3.05, 3.63) is 16.7 Å². The van der Waals surface area contributed by atoms with Crippen LogP contribution >= 0.6 is 22.9 Å². The van der Waals surface area contributed by atoms with Crippen LogP contribution in [0.5, 0.6) is 0 Å². The number of anilines is 1. The first-order valence-electron chi connectivity index (χ1n) is 6.36. The number of hydrogen-bond acceptors (Lipinski definition) is 5. The maximum absolute atomic E-state index is 11.9. The zero-order valence-electron chi connectivity index (χ0n) is 11.7. The molecule has 0 aliphatic heterocycles. The Morgan fingerprint density at radius 3 is 2.95 bits per heavy atom. The van der Waals surface area contributed by atoms with Gasteiger partial charge in [0.2, 0.25) is 11.2 Å². The maximum atomic E-state index is 11.9. The number of carbonyl (C=O) groups is 1. The van der Waals surface area contributed by atoms with Crippen molar-refractivity contribution < 1.29 is 4.79 Å². The van der Waals surface area contributed by atoms with Crippen molar-refractivity contribution in [1.82, 2.24) is 15.3 Å². The number of amides is 1. The summed E-state index contributed by atoms with van der Waals surface area (Å²) in [4.78, 5) is 22.9. The van der Waals surface area contributed by atoms with E-state index in [1.54, 1.807) is 4.90 Å². The van der Waals surface area contributed by atoms with Crippen molar-refractivity contribution in [1.29, 1.82) is 0 Å². The van der Waals surface area contributed by atoms with Crippen molar-refractivity contribution in [2.45, 2.75) is 13.8 Å². The molecule has 5 nitrogen and oxygen atoms in total. The lowest BCUT2D eigenvalue weighted by Gasteiger charge is -2.19. The van der Waals surface area contributed by atoms with Gasteiger partial charge in [-0.3, -0.25) is 4.79 Å². The average molecular weight is 313 g/mol. The minimum absolute atomic E-state index is 0.0284. The number of nitrogens with zero attached hydrogens (tertiary/aromatic N) is 3. The molecule has 0 saturated carbocycles. The highest BCUT2D eigenvalue weighted by molar-refractivity contribution is 7.16. The molecule has 2 aromatic heterocycles. The summed E-state index contributed by atoms with van der Waals surface area (Å²) in [6, 6.07) is 1.94. The predicted molar refractivity (Wildman–Crippen MR) is 83.5 cm³/mol. The lowest BCUT2D eigenvalue weighted by atomic mass is 10.2. The molecular weight excluding hydrogens is 296 g/mol. The summed E-state index contributed by atoms with van der Waals surface area (Å²) >= 11 is 7.42. The van der Waals surface area contributed by atoms with Crippen LogP contribution in [-0.2, 0) is 4.79 Å². The van der Waals surface area contributed by atoms with Gasteiger partial charge in [0.15, 0.2) is 0 Å². The normalized spacial score (nSPS) is 11.1. The molecule has 0 aliphatic rings. The highest BCUT2D eigenvalue weighted by atomic mass is 35.5. The van der Waals surface area contributed by atoms with Gasteiger partial charge in [-0.05, 0) is 29.0 Å². The molecule has 7 heteroatoms. The fourth-order valence-electron chi connectivity index (χ4n) is 1.77. The number of fused-ring (bicyclic) bond motifs is 1. The molecule has 0 fully saturated rings. The summed E-state index contributed by atoms with van der Waals surface area (Å²) in [5, 5.41) is 5.94. The summed E-state index contributed by atoms with van der Waals surface area (Å²) in [7, 11) is 1.82. The first kappa shape index (κ1) is 15.0. The monoisotopic (exact) mass is 312 g/mol. The summed E-state index contributed by atoms with van der Waals surface area (Å²) in [6.45, 7) is 5.03. The summed E-state index contributed by atoms with van der Waals surface area (Å²) in [6.07, 6.45) is 0. The molecule has 2 aromatic rings. The van der Waals surface area contributed by atoms with Crippen LogP contribution in [0.4, 0.5) is 5.82 Å². The van der Waals surface area contributed by atoms with E-state index < -0.39 is 0 Å². The molecule has 1 N–H and O–H groups in total. The van der Waals surface area contributed by atoms with Crippen LogP contribution in [0.25, 0.3) is 10.2 Å². The Morgan fingerprint density at radius 1 is 1.50 bits per heavy atom. The molecule has 0 spiro atoms. The number of likely N-dealkylation sites (N-methyl/N-ethyl adjacent to an activating group) is 1. The molecule has 20 heavy (non-hydrogen) atoms. The largest absolute Gasteiger partial charge is 0.354 e. The van der Waals surface area contributed by atoms with E-state index >= 15 is 0 Å². The fraction of sp³-hybridized carbons (Fsp3) is 0.462. The van der Waals surface area contributed by atoms with Crippen LogP contribution in [0.3, 0.4) is 0 Å². The number of thiophene rings is 1. The molecule has 1 amide bonds. The number of aromatic nitrogens is 2. The van der Waals surface area contributed by atoms with Crippen LogP contribution in [0, 0.1) is 5.92 Å². The van der Waals surface area contributed by atoms with Crippen molar-refractivity contribution >= 4 is 44.9 Å². The molecule has 2 heterocycles. The lowest BCUT2D eigenvalue weighted by Crippen LogP contribution is -2.37. The van der Waals surface area contributed by atoms with Crippen LogP contribution < -0.4 is 10.2 Å². The lowest BCUT2D eigenvalue weighted by molar-refractivity contribution is -0.119. The average Bonchev–Trinajstić information content (AvgIpc) is 2.83. The Kier molecular flexibility index (Phi) is 4.77. The quantitative estimate of drug-likeness (QED) is 0.862. The second-order valence-corrected chi connectivity index (χ2v) is 6.24. The Labute approximate surface area is 127 Å². The van der Waals surface area contributed by atoms with Crippen LogP contribution in [0.15, 0.2) is 11.4 Å². The molecular formula is C13H17ClN4OS. The minimum atomic E-state index is -0.0284. The summed E-state index contributed by atoms with van der Waals surface area (Å²) in [5.41, 5.74) is 0. The zero-order valence-corrected chi connectivity index (χ0v) is 13.3. The van der Waals surface area contributed by atoms with Crippen LogP contribution in [0.1, 0.15) is 13.8 Å². The smallest absolute Gasteiger partial charge is 0.239 e. The Bertz CT molecular complexity index is 613. The minimum Gasteiger partial charge on any atom is -0.354 e. The molecule has 0 bridgehead atoms. The maximum Gasteiger partial charge on any atom is 0.239 e. The number of halogens is 1. The van der Waals surface area contributed by atoms with Gasteiger partial charge in [-0.1, -0.05) is 13.8 Å². The highest BCUT2D eigenvalue weighted by Gasteiger charge is 2.14. The highest BCUT2D eigenvalue weighted by Crippen LogP contribution is 2.28. The molecule has 0 aliphatic carbocycles. The third-order valence-electron chi connectivity index (χ3n) is 2.73. The van der Waals surface area contributed by atoms with Crippen molar-refractivity contribution in [3.8, 4) is 0 Å². The SMILES string of the molecule is CC(C)CNC(=O)CN(C)c1nc(Cl)nc2sccc12. The van der Waals surface area contributed by atoms with E-state index in [4.69, 9.17) is 11.6 Å². The standard InChI is InChI=1S/C13H17ClN4OS/c1-8(2)6-15-10(19)7-18(3)11-9-4-5-20-12(9)17-13(14)16-11/h4-5,8H,6-7H2,1-3H3,(H,15,19). The first-order chi connectivity index (χ1) is 9.47. The number of carbonyl (C=O) groups excluding carboxylic acids is 1. The predicted octanol–water partition coefficient (Wildman–Crippen LogP) is 2.55. The topological polar surface area (TPSA) is 58.1 Å². The Balaban J connectivity index is 2.13. The van der Waals surface area contributed by atoms with Gasteiger partial charge in [0.25, 0.3) is 0 Å². The Morgan fingerprint density at radius 2 is 2.25 bits per heavy atom. The van der Waals surface area contributed by atoms with Crippen molar-refractivity contribution in [2.24, 2.45) is 5.92 Å². The van der Waals surface area contributed by atoms with Gasteiger partial charge in [0.05, 0.1) is 11.9 Å². The number of hydrogen-bond donors (Lipinski definition) is 1. The molecule has 0 atom stereocenters. The van der Waals surface area contributed by atoms with Gasteiger partial charge in [0.1, 0.15) is 10.6 Å². The van der Waals surface area contributed by atoms with Crippen LogP contribution in [0.2, 0.25) is 5.28 Å². The van der Waals surface area contributed by atoms with Crippen molar-refractivity contribution in [3.63, 3.8) is 0 Å². The van der Waals surface area contributed by atoms with E-state index in [9.17, 15) is 4.79 Å². The van der Waals surface area contributed by atoms with Gasteiger partial charge in [-0.25, -0.2) is 4.98 Å². The van der Waals surface area contributed by atoms with Gasteiger partial charge in [0, 0.05) is 13.6 Å². The zero-order chi connectivity index (χ0) is 14.7. The van der Waals surface area contributed by atoms with Gasteiger partial charge in [-0.15, -0.1) is 11.3 Å². The van der Waals surface area contributed by atoms with E-state index in [0.29, 0.717) is 18.3 Å². The third-order valence-corrected chi connectivity index (χ3v) is 3.70. The van der Waals surface area contributed by atoms with E-state index in [1.807, 2.05) is 18.5 Å². The van der Waals surface area contributed by atoms with Gasteiger partial charge < -0.3 is 10.2 Å². The number of nitrogens with one attached hydrogen (secondary N) is 1. The van der Waals surface area contributed by atoms with E-state index in [-0.39, 0.29) is 17.7 Å². The second-order valence-electron chi connectivity index (χ2n) is 5.01. The van der Waals surface area contributed by atoms with E-state index in [1.165, 1.54) is 11.3 Å². The third kappa shape index (κ3) is 3.58. The molecule has 0 saturated heterocycles. The Hall–Kier alpha value is -1.40. The fourth-order valence-corrected chi connectivity index (χ4v) is 2.74. The van der Waals surface area contributed by atoms with E-state index in [2.05, 4.69) is 29.1 Å².